The number of benzene rings is 2. The summed E-state index contributed by atoms with van der Waals surface area (Å²) in [6.45, 7) is 0.470. The van der Waals surface area contributed by atoms with E-state index < -0.39 is 0 Å². The summed E-state index contributed by atoms with van der Waals surface area (Å²) in [7, 11) is 0. The smallest absolute Gasteiger partial charge is 0.231 e. The van der Waals surface area contributed by atoms with Crippen LogP contribution in [0.25, 0.3) is 10.9 Å². The normalized spacial score (nSPS) is 14.3. The second-order valence-electron chi connectivity index (χ2n) is 5.62. The van der Waals surface area contributed by atoms with Gasteiger partial charge in [0, 0.05) is 17.9 Å². The molecule has 0 fully saturated rings. The first kappa shape index (κ1) is 13.2. The van der Waals surface area contributed by atoms with Gasteiger partial charge in [0.25, 0.3) is 0 Å². The molecule has 2 aromatic carbocycles. The van der Waals surface area contributed by atoms with Gasteiger partial charge in [0.1, 0.15) is 0 Å². The number of hydrogen-bond donors (Lipinski definition) is 1. The molecule has 1 aromatic heterocycles. The predicted molar refractivity (Wildman–Crippen MR) is 85.4 cm³/mol. The molecule has 0 aliphatic carbocycles. The van der Waals surface area contributed by atoms with E-state index in [9.17, 15) is 0 Å². The highest BCUT2D eigenvalue weighted by Gasteiger charge is 2.19. The number of hydrogen-bond acceptors (Lipinski definition) is 7. The minimum atomic E-state index is 0.214. The molecular weight excluding hydrogens is 310 g/mol. The molecule has 2 aliphatic rings. The van der Waals surface area contributed by atoms with Crippen LogP contribution in [0.4, 0.5) is 5.95 Å². The molecule has 0 radical (unpaired) electrons. The van der Waals surface area contributed by atoms with Crippen molar-refractivity contribution in [2.45, 2.75) is 6.42 Å². The van der Waals surface area contributed by atoms with Crippen LogP contribution in [0.1, 0.15) is 11.3 Å². The van der Waals surface area contributed by atoms with Crippen LogP contribution in [-0.4, -0.2) is 23.6 Å². The van der Waals surface area contributed by atoms with E-state index in [1.165, 1.54) is 0 Å². The topological polar surface area (TPSA) is 88.7 Å². The van der Waals surface area contributed by atoms with Gasteiger partial charge >= 0.3 is 0 Å². The van der Waals surface area contributed by atoms with Gasteiger partial charge in [0.2, 0.25) is 19.5 Å². The molecule has 0 unspecified atom stereocenters. The number of rotatable bonds is 2. The lowest BCUT2D eigenvalue weighted by molar-refractivity contribution is 0.173. The van der Waals surface area contributed by atoms with E-state index in [2.05, 4.69) is 9.97 Å². The van der Waals surface area contributed by atoms with E-state index in [1.54, 1.807) is 0 Å². The third kappa shape index (κ3) is 2.05. The molecule has 0 amide bonds. The zero-order valence-corrected chi connectivity index (χ0v) is 12.6. The minimum absolute atomic E-state index is 0.214. The zero-order valence-electron chi connectivity index (χ0n) is 12.6. The molecule has 3 heterocycles. The summed E-state index contributed by atoms with van der Waals surface area (Å²) in [5.41, 5.74) is 8.49. The molecule has 7 heteroatoms. The van der Waals surface area contributed by atoms with Crippen LogP contribution < -0.4 is 24.7 Å². The number of anilines is 1. The number of aromatic nitrogens is 2. The highest BCUT2D eigenvalue weighted by Crippen LogP contribution is 2.37. The second kappa shape index (κ2) is 4.89. The van der Waals surface area contributed by atoms with Crippen molar-refractivity contribution in [3.63, 3.8) is 0 Å². The Balaban J connectivity index is 1.61. The lowest BCUT2D eigenvalue weighted by Gasteiger charge is -2.08. The first-order chi connectivity index (χ1) is 11.8. The van der Waals surface area contributed by atoms with Gasteiger partial charge in [0.05, 0.1) is 11.2 Å². The fourth-order valence-corrected chi connectivity index (χ4v) is 2.98. The Morgan fingerprint density at radius 1 is 0.833 bits per heavy atom. The predicted octanol–water partition coefficient (Wildman–Crippen LogP) is 2.26. The van der Waals surface area contributed by atoms with Crippen molar-refractivity contribution in [3.05, 3.63) is 41.6 Å². The third-order valence-electron chi connectivity index (χ3n) is 4.09. The Morgan fingerprint density at radius 3 is 2.38 bits per heavy atom. The minimum Gasteiger partial charge on any atom is -0.454 e. The third-order valence-corrected chi connectivity index (χ3v) is 4.09. The molecule has 120 valence electrons. The van der Waals surface area contributed by atoms with Gasteiger partial charge in [-0.1, -0.05) is 6.07 Å². The molecule has 0 spiro atoms. The number of nitrogens with zero attached hydrogens (tertiary/aromatic N) is 2. The molecule has 0 saturated heterocycles. The summed E-state index contributed by atoms with van der Waals surface area (Å²) in [4.78, 5) is 8.71. The second-order valence-corrected chi connectivity index (χ2v) is 5.62. The van der Waals surface area contributed by atoms with Crippen molar-refractivity contribution >= 4 is 16.9 Å². The number of fused-ring (bicyclic) bond motifs is 3. The van der Waals surface area contributed by atoms with Crippen LogP contribution >= 0.6 is 0 Å². The summed E-state index contributed by atoms with van der Waals surface area (Å²) in [5.74, 6) is 3.11. The fraction of sp³-hybridized carbons (Fsp3) is 0.176. The molecule has 3 aromatic rings. The largest absolute Gasteiger partial charge is 0.454 e. The molecule has 0 saturated carbocycles. The summed E-state index contributed by atoms with van der Waals surface area (Å²) in [6, 6.07) is 9.58. The van der Waals surface area contributed by atoms with Gasteiger partial charge in [-0.15, -0.1) is 0 Å². The van der Waals surface area contributed by atoms with Crippen molar-refractivity contribution in [2.75, 3.05) is 19.3 Å². The molecule has 0 atom stereocenters. The average molecular weight is 323 g/mol. The molecule has 5 rings (SSSR count). The fourth-order valence-electron chi connectivity index (χ4n) is 2.98. The Morgan fingerprint density at radius 2 is 1.54 bits per heavy atom. The first-order valence-corrected chi connectivity index (χ1v) is 7.50. The maximum absolute atomic E-state index is 5.87. The van der Waals surface area contributed by atoms with Gasteiger partial charge in [-0.05, 0) is 23.8 Å². The van der Waals surface area contributed by atoms with Crippen LogP contribution in [0.15, 0.2) is 30.3 Å². The number of ether oxygens (including phenoxy) is 4. The van der Waals surface area contributed by atoms with Crippen LogP contribution in [0, 0.1) is 0 Å². The number of nitrogen functional groups attached to an aromatic ring is 1. The summed E-state index contributed by atoms with van der Waals surface area (Å²) in [6.07, 6.45) is 0.597. The molecule has 2 aliphatic heterocycles. The zero-order chi connectivity index (χ0) is 16.1. The van der Waals surface area contributed by atoms with E-state index in [0.29, 0.717) is 17.9 Å². The maximum atomic E-state index is 5.87. The van der Waals surface area contributed by atoms with Crippen molar-refractivity contribution in [1.29, 1.82) is 0 Å². The monoisotopic (exact) mass is 323 g/mol. The van der Waals surface area contributed by atoms with Crippen molar-refractivity contribution in [2.24, 2.45) is 0 Å². The number of nitrogens with two attached hydrogens (primary N) is 1. The van der Waals surface area contributed by atoms with Gasteiger partial charge in [-0.3, -0.25) is 0 Å². The van der Waals surface area contributed by atoms with Crippen LogP contribution in [0.3, 0.4) is 0 Å². The Hall–Kier alpha value is -3.22. The molecule has 0 bridgehead atoms. The molecule has 7 nitrogen and oxygen atoms in total. The maximum Gasteiger partial charge on any atom is 0.231 e. The van der Waals surface area contributed by atoms with Crippen molar-refractivity contribution in [1.82, 2.24) is 9.97 Å². The van der Waals surface area contributed by atoms with Gasteiger partial charge in [-0.25, -0.2) is 9.97 Å². The quantitative estimate of drug-likeness (QED) is 0.773. The van der Waals surface area contributed by atoms with E-state index >= 15 is 0 Å². The van der Waals surface area contributed by atoms with Crippen LogP contribution in [-0.2, 0) is 6.42 Å². The highest BCUT2D eigenvalue weighted by atomic mass is 16.7. The van der Waals surface area contributed by atoms with E-state index in [-0.39, 0.29) is 19.5 Å². The van der Waals surface area contributed by atoms with Gasteiger partial charge < -0.3 is 24.7 Å². The van der Waals surface area contributed by atoms with Crippen molar-refractivity contribution in [3.8, 4) is 23.0 Å². The Kier molecular flexibility index (Phi) is 2.70. The van der Waals surface area contributed by atoms with Crippen LogP contribution in [0.5, 0.6) is 23.0 Å². The first-order valence-electron chi connectivity index (χ1n) is 7.50. The standard InChI is InChI=1S/C17H13N3O4/c18-17-19-11(3-9-1-2-13-14(4-9)22-7-21-13)10-5-15-16(24-8-23-15)6-12(10)20-17/h1-2,4-6H,3,7-8H2,(H2,18,19,20). The Bertz CT molecular complexity index is 974. The summed E-state index contributed by atoms with van der Waals surface area (Å²) >= 11 is 0. The highest BCUT2D eigenvalue weighted by molar-refractivity contribution is 5.86. The summed E-state index contributed by atoms with van der Waals surface area (Å²) in [5, 5.41) is 0.895. The van der Waals surface area contributed by atoms with E-state index in [1.807, 2.05) is 30.3 Å². The van der Waals surface area contributed by atoms with Gasteiger partial charge in [0.15, 0.2) is 23.0 Å². The van der Waals surface area contributed by atoms with E-state index in [4.69, 9.17) is 24.7 Å². The van der Waals surface area contributed by atoms with Crippen molar-refractivity contribution < 1.29 is 18.9 Å². The van der Waals surface area contributed by atoms with Gasteiger partial charge in [-0.2, -0.15) is 0 Å². The van der Waals surface area contributed by atoms with Crippen LogP contribution in [0.2, 0.25) is 0 Å². The molecular formula is C17H13N3O4. The lowest BCUT2D eigenvalue weighted by Crippen LogP contribution is -2.02. The molecule has 24 heavy (non-hydrogen) atoms. The SMILES string of the molecule is Nc1nc(Cc2ccc3c(c2)OCO3)c2cc3c(cc2n1)OCO3. The lowest BCUT2D eigenvalue weighted by atomic mass is 10.0. The van der Waals surface area contributed by atoms with E-state index in [0.717, 1.165) is 33.7 Å². The average Bonchev–Trinajstić information content (AvgIpc) is 3.20. The molecule has 2 N–H and O–H groups in total. The Labute approximate surface area is 136 Å². The summed E-state index contributed by atoms with van der Waals surface area (Å²) < 4.78 is 21.6.